The summed E-state index contributed by atoms with van der Waals surface area (Å²) in [6.45, 7) is 6.58. The first-order valence-corrected chi connectivity index (χ1v) is 7.92. The zero-order valence-corrected chi connectivity index (χ0v) is 13.5. The average Bonchev–Trinajstić information content (AvgIpc) is 3.08. The summed E-state index contributed by atoms with van der Waals surface area (Å²) in [6, 6.07) is 0. The number of rotatable bonds is 6. The van der Waals surface area contributed by atoms with E-state index in [0.29, 0.717) is 18.9 Å². The molecule has 1 saturated heterocycles. The van der Waals surface area contributed by atoms with Gasteiger partial charge in [-0.15, -0.1) is 0 Å². The monoisotopic (exact) mass is 336 g/mol. The van der Waals surface area contributed by atoms with Gasteiger partial charge in [0.25, 0.3) is 0 Å². The van der Waals surface area contributed by atoms with Crippen LogP contribution in [0.2, 0.25) is 0 Å². The van der Waals surface area contributed by atoms with Crippen molar-refractivity contribution in [2.24, 2.45) is 0 Å². The quantitative estimate of drug-likeness (QED) is 0.465. The Balaban J connectivity index is 1.81. The van der Waals surface area contributed by atoms with E-state index < -0.39 is 4.92 Å². The Bertz CT molecular complexity index is 630. The van der Waals surface area contributed by atoms with Gasteiger partial charge in [0.1, 0.15) is 12.9 Å². The summed E-state index contributed by atoms with van der Waals surface area (Å²) in [6.07, 6.45) is 4.05. The zero-order valence-electron chi connectivity index (χ0n) is 13.5. The van der Waals surface area contributed by atoms with Crippen molar-refractivity contribution in [1.29, 1.82) is 0 Å². The Kier molecular flexibility index (Phi) is 5.06. The van der Waals surface area contributed by atoms with Crippen LogP contribution < -0.4 is 10.2 Å². The lowest BCUT2D eigenvalue weighted by molar-refractivity contribution is -0.383. The second-order valence-corrected chi connectivity index (χ2v) is 5.54. The standard InChI is InChI=1S/C14H20N6O4/c1-2-4-18-5-7-19(8-6-18)14-12(20(21)22)13(15-10-16-14)17-11-3-9-23-24-11/h3,10H,2,4-9H2,1H3,(H,15,16,17). The Hall–Kier alpha value is -2.46. The third kappa shape index (κ3) is 3.54. The maximum Gasteiger partial charge on any atom is 0.353 e. The van der Waals surface area contributed by atoms with Gasteiger partial charge in [0, 0.05) is 32.3 Å². The van der Waals surface area contributed by atoms with Crippen LogP contribution in [0.25, 0.3) is 0 Å². The van der Waals surface area contributed by atoms with Crippen LogP contribution in [-0.4, -0.2) is 59.1 Å². The molecule has 2 aliphatic rings. The van der Waals surface area contributed by atoms with Gasteiger partial charge in [0.2, 0.25) is 17.5 Å². The van der Waals surface area contributed by atoms with Crippen molar-refractivity contribution in [2.75, 3.05) is 49.5 Å². The van der Waals surface area contributed by atoms with Crippen LogP contribution in [0.5, 0.6) is 0 Å². The van der Waals surface area contributed by atoms with Gasteiger partial charge in [-0.25, -0.2) is 9.97 Å². The molecular formula is C14H20N6O4. The number of nitro groups is 1. The lowest BCUT2D eigenvalue weighted by Crippen LogP contribution is -2.47. The number of nitrogens with one attached hydrogen (secondary N) is 1. The molecule has 130 valence electrons. The number of piperazine rings is 1. The molecule has 1 aromatic heterocycles. The molecule has 10 nitrogen and oxygen atoms in total. The highest BCUT2D eigenvalue weighted by Crippen LogP contribution is 2.33. The van der Waals surface area contributed by atoms with Crippen LogP contribution in [0, 0.1) is 10.1 Å². The Labute approximate surface area is 139 Å². The van der Waals surface area contributed by atoms with E-state index in [1.165, 1.54) is 6.33 Å². The van der Waals surface area contributed by atoms with Gasteiger partial charge in [-0.1, -0.05) is 6.92 Å². The maximum atomic E-state index is 11.6. The molecule has 24 heavy (non-hydrogen) atoms. The highest BCUT2D eigenvalue weighted by atomic mass is 17.2. The van der Waals surface area contributed by atoms with Gasteiger partial charge < -0.3 is 15.1 Å². The Morgan fingerprint density at radius 1 is 1.33 bits per heavy atom. The second kappa shape index (κ2) is 7.41. The molecule has 0 aromatic carbocycles. The summed E-state index contributed by atoms with van der Waals surface area (Å²) in [7, 11) is 0. The van der Waals surface area contributed by atoms with Crippen LogP contribution in [0.3, 0.4) is 0 Å². The van der Waals surface area contributed by atoms with Crippen LogP contribution >= 0.6 is 0 Å². The summed E-state index contributed by atoms with van der Waals surface area (Å²) >= 11 is 0. The van der Waals surface area contributed by atoms with Crippen molar-refractivity contribution in [3.8, 4) is 0 Å². The normalized spacial score (nSPS) is 18.2. The molecule has 3 heterocycles. The third-order valence-corrected chi connectivity index (χ3v) is 3.92. The molecule has 0 radical (unpaired) electrons. The predicted octanol–water partition coefficient (Wildman–Crippen LogP) is 1.13. The number of aromatic nitrogens is 2. The van der Waals surface area contributed by atoms with E-state index in [1.54, 1.807) is 6.08 Å². The third-order valence-electron chi connectivity index (χ3n) is 3.92. The molecule has 1 fully saturated rings. The highest BCUT2D eigenvalue weighted by Gasteiger charge is 2.30. The minimum absolute atomic E-state index is 0.0951. The van der Waals surface area contributed by atoms with Crippen LogP contribution in [0.4, 0.5) is 17.3 Å². The fourth-order valence-corrected chi connectivity index (χ4v) is 2.79. The van der Waals surface area contributed by atoms with Crippen LogP contribution in [0.15, 0.2) is 18.3 Å². The summed E-state index contributed by atoms with van der Waals surface area (Å²) < 4.78 is 0. The molecule has 0 spiro atoms. The molecule has 0 saturated carbocycles. The minimum Gasteiger partial charge on any atom is -0.348 e. The molecule has 0 amide bonds. The van der Waals surface area contributed by atoms with Gasteiger partial charge in [0.15, 0.2) is 0 Å². The van der Waals surface area contributed by atoms with Gasteiger partial charge >= 0.3 is 5.69 Å². The lowest BCUT2D eigenvalue weighted by Gasteiger charge is -2.34. The summed E-state index contributed by atoms with van der Waals surface area (Å²) in [5.74, 6) is 0.710. The first-order valence-electron chi connectivity index (χ1n) is 7.92. The Morgan fingerprint density at radius 2 is 2.12 bits per heavy atom. The minimum atomic E-state index is -0.466. The Morgan fingerprint density at radius 3 is 2.75 bits per heavy atom. The van der Waals surface area contributed by atoms with E-state index in [1.807, 2.05) is 4.90 Å². The van der Waals surface area contributed by atoms with Crippen molar-refractivity contribution >= 4 is 17.3 Å². The van der Waals surface area contributed by atoms with Crippen molar-refractivity contribution in [1.82, 2.24) is 14.9 Å². The second-order valence-electron chi connectivity index (χ2n) is 5.54. The number of hydrogen-bond donors (Lipinski definition) is 1. The van der Waals surface area contributed by atoms with Crippen molar-refractivity contribution < 1.29 is 14.7 Å². The first kappa shape index (κ1) is 16.4. The van der Waals surface area contributed by atoms with Crippen LogP contribution in [-0.2, 0) is 9.78 Å². The molecule has 0 atom stereocenters. The predicted molar refractivity (Wildman–Crippen MR) is 86.4 cm³/mol. The molecule has 1 N–H and O–H groups in total. The lowest BCUT2D eigenvalue weighted by atomic mass is 10.2. The largest absolute Gasteiger partial charge is 0.353 e. The van der Waals surface area contributed by atoms with Gasteiger partial charge in [-0.2, -0.15) is 4.89 Å². The van der Waals surface area contributed by atoms with Crippen molar-refractivity contribution in [2.45, 2.75) is 13.3 Å². The SMILES string of the molecule is CCCN1CCN(c2ncnc(NC3=CCOO3)c2[N+](=O)[O-])CC1. The molecule has 2 aliphatic heterocycles. The van der Waals surface area contributed by atoms with E-state index in [9.17, 15) is 10.1 Å². The molecule has 1 aromatic rings. The fraction of sp³-hybridized carbons (Fsp3) is 0.571. The number of hydrogen-bond acceptors (Lipinski definition) is 9. The average molecular weight is 336 g/mol. The molecular weight excluding hydrogens is 316 g/mol. The number of anilines is 2. The van der Waals surface area contributed by atoms with E-state index in [4.69, 9.17) is 9.78 Å². The van der Waals surface area contributed by atoms with Gasteiger partial charge in [0.05, 0.1) is 4.92 Å². The zero-order chi connectivity index (χ0) is 16.9. The molecule has 0 aliphatic carbocycles. The molecule has 10 heteroatoms. The van der Waals surface area contributed by atoms with E-state index in [-0.39, 0.29) is 24.0 Å². The van der Waals surface area contributed by atoms with E-state index >= 15 is 0 Å². The van der Waals surface area contributed by atoms with Gasteiger partial charge in [-0.3, -0.25) is 15.0 Å². The van der Waals surface area contributed by atoms with Gasteiger partial charge in [-0.05, 0) is 13.0 Å². The smallest absolute Gasteiger partial charge is 0.348 e. The molecule has 0 bridgehead atoms. The first-order chi connectivity index (χ1) is 11.7. The summed E-state index contributed by atoms with van der Waals surface area (Å²) in [4.78, 5) is 33.1. The molecule has 0 unspecified atom stereocenters. The van der Waals surface area contributed by atoms with E-state index in [2.05, 4.69) is 27.1 Å². The van der Waals surface area contributed by atoms with Crippen molar-refractivity contribution in [3.63, 3.8) is 0 Å². The molecule has 3 rings (SSSR count). The summed E-state index contributed by atoms with van der Waals surface area (Å²) in [5.41, 5.74) is -0.155. The highest BCUT2D eigenvalue weighted by molar-refractivity contribution is 5.71. The van der Waals surface area contributed by atoms with Crippen LogP contribution in [0.1, 0.15) is 13.3 Å². The number of nitrogens with zero attached hydrogens (tertiary/aromatic N) is 5. The maximum absolute atomic E-state index is 11.6. The van der Waals surface area contributed by atoms with E-state index in [0.717, 1.165) is 26.1 Å². The topological polar surface area (TPSA) is 106 Å². The fourth-order valence-electron chi connectivity index (χ4n) is 2.79. The summed E-state index contributed by atoms with van der Waals surface area (Å²) in [5, 5.41) is 14.4. The van der Waals surface area contributed by atoms with Crippen molar-refractivity contribution in [3.05, 3.63) is 28.4 Å².